The van der Waals surface area contributed by atoms with E-state index in [0.29, 0.717) is 0 Å². The molecule has 0 bridgehead atoms. The number of hydrogen-bond donors (Lipinski definition) is 2. The molecule has 94 valence electrons. The Labute approximate surface area is 91.4 Å². The number of halogens is 3. The summed E-state index contributed by atoms with van der Waals surface area (Å²) in [5.41, 5.74) is -0.963. The maximum Gasteiger partial charge on any atom is 0.405 e. The van der Waals surface area contributed by atoms with Gasteiger partial charge >= 0.3 is 12.2 Å². The standard InChI is InChI=1S/C9H15F3N2O2/c1-6(2)8(16)4-14(5-8)7(15)13-3-9(10,11)12/h6,16H,3-5H2,1-2H3,(H,13,15). The van der Waals surface area contributed by atoms with Crippen LogP contribution in [0.4, 0.5) is 18.0 Å². The van der Waals surface area contributed by atoms with Crippen molar-refractivity contribution >= 4 is 6.03 Å². The number of likely N-dealkylation sites (tertiary alicyclic amines) is 1. The van der Waals surface area contributed by atoms with Crippen LogP contribution < -0.4 is 5.32 Å². The van der Waals surface area contributed by atoms with Gasteiger partial charge < -0.3 is 15.3 Å². The Bertz CT molecular complexity index is 272. The second kappa shape index (κ2) is 4.12. The first-order valence-corrected chi connectivity index (χ1v) is 4.96. The van der Waals surface area contributed by atoms with E-state index in [1.165, 1.54) is 0 Å². The summed E-state index contributed by atoms with van der Waals surface area (Å²) < 4.78 is 35.4. The van der Waals surface area contributed by atoms with Crippen molar-refractivity contribution in [2.24, 2.45) is 5.92 Å². The molecule has 2 N–H and O–H groups in total. The van der Waals surface area contributed by atoms with Crippen molar-refractivity contribution in [3.8, 4) is 0 Å². The number of alkyl halides is 3. The Morgan fingerprint density at radius 2 is 2.00 bits per heavy atom. The van der Waals surface area contributed by atoms with Gasteiger partial charge in [-0.3, -0.25) is 0 Å². The molecule has 2 amide bonds. The lowest BCUT2D eigenvalue weighted by atomic mass is 9.83. The summed E-state index contributed by atoms with van der Waals surface area (Å²) in [7, 11) is 0. The van der Waals surface area contributed by atoms with E-state index in [1.807, 2.05) is 0 Å². The second-order valence-corrected chi connectivity index (χ2v) is 4.39. The molecule has 1 saturated heterocycles. The lowest BCUT2D eigenvalue weighted by molar-refractivity contribution is -0.127. The van der Waals surface area contributed by atoms with Crippen LogP contribution >= 0.6 is 0 Å². The van der Waals surface area contributed by atoms with Crippen molar-refractivity contribution in [2.45, 2.75) is 25.6 Å². The minimum atomic E-state index is -4.41. The number of amides is 2. The maximum atomic E-state index is 11.8. The van der Waals surface area contributed by atoms with Crippen molar-refractivity contribution in [1.82, 2.24) is 10.2 Å². The quantitative estimate of drug-likeness (QED) is 0.755. The molecule has 16 heavy (non-hydrogen) atoms. The number of aliphatic hydroxyl groups is 1. The summed E-state index contributed by atoms with van der Waals surface area (Å²) in [5, 5.41) is 11.5. The fraction of sp³-hybridized carbons (Fsp3) is 0.889. The van der Waals surface area contributed by atoms with Crippen molar-refractivity contribution in [3.05, 3.63) is 0 Å². The van der Waals surface area contributed by atoms with E-state index in [1.54, 1.807) is 19.2 Å². The topological polar surface area (TPSA) is 52.6 Å². The van der Waals surface area contributed by atoms with Crippen LogP contribution in [0.25, 0.3) is 0 Å². The zero-order chi connectivity index (χ0) is 12.6. The average molecular weight is 240 g/mol. The van der Waals surface area contributed by atoms with Gasteiger partial charge in [-0.15, -0.1) is 0 Å². The average Bonchev–Trinajstić information content (AvgIpc) is 2.07. The number of β-amino-alcohol motifs (C(OH)–C–C–N with tert-alkyl or cyclic N) is 1. The molecule has 0 radical (unpaired) electrons. The van der Waals surface area contributed by atoms with E-state index in [9.17, 15) is 23.1 Å². The molecular weight excluding hydrogens is 225 g/mol. The van der Waals surface area contributed by atoms with Gasteiger partial charge in [-0.25, -0.2) is 4.79 Å². The molecule has 0 unspecified atom stereocenters. The largest absolute Gasteiger partial charge is 0.405 e. The third kappa shape index (κ3) is 3.01. The minimum Gasteiger partial charge on any atom is -0.386 e. The Kier molecular flexibility index (Phi) is 3.37. The zero-order valence-electron chi connectivity index (χ0n) is 9.14. The lowest BCUT2D eigenvalue weighted by Crippen LogP contribution is -2.67. The maximum absolute atomic E-state index is 11.8. The first-order valence-electron chi connectivity index (χ1n) is 4.96. The van der Waals surface area contributed by atoms with Gasteiger partial charge in [0.2, 0.25) is 0 Å². The zero-order valence-corrected chi connectivity index (χ0v) is 9.14. The van der Waals surface area contributed by atoms with Crippen LogP contribution in [0, 0.1) is 5.92 Å². The van der Waals surface area contributed by atoms with Crippen molar-refractivity contribution < 1.29 is 23.1 Å². The molecule has 0 aromatic carbocycles. The third-order valence-corrected chi connectivity index (χ3v) is 2.73. The highest BCUT2D eigenvalue weighted by Crippen LogP contribution is 2.28. The molecule has 0 spiro atoms. The number of rotatable bonds is 2. The van der Waals surface area contributed by atoms with E-state index < -0.39 is 24.4 Å². The fourth-order valence-electron chi connectivity index (χ4n) is 1.41. The fourth-order valence-corrected chi connectivity index (χ4v) is 1.41. The number of nitrogens with one attached hydrogen (secondary N) is 1. The Morgan fingerprint density at radius 3 is 2.38 bits per heavy atom. The molecule has 1 aliphatic rings. The first kappa shape index (κ1) is 13.1. The number of nitrogens with zero attached hydrogens (tertiary/aromatic N) is 1. The number of hydrogen-bond acceptors (Lipinski definition) is 2. The van der Waals surface area contributed by atoms with Gasteiger partial charge in [0, 0.05) is 0 Å². The Hall–Kier alpha value is -0.980. The highest BCUT2D eigenvalue weighted by Gasteiger charge is 2.46. The summed E-state index contributed by atoms with van der Waals surface area (Å²) in [6, 6.07) is -0.789. The van der Waals surface area contributed by atoms with Crippen LogP contribution in [0.2, 0.25) is 0 Å². The molecule has 1 heterocycles. The van der Waals surface area contributed by atoms with Gasteiger partial charge in [-0.1, -0.05) is 13.8 Å². The third-order valence-electron chi connectivity index (χ3n) is 2.73. The molecule has 0 aliphatic carbocycles. The van der Waals surface area contributed by atoms with E-state index >= 15 is 0 Å². The van der Waals surface area contributed by atoms with E-state index in [4.69, 9.17) is 0 Å². The van der Waals surface area contributed by atoms with E-state index in [0.717, 1.165) is 4.90 Å². The van der Waals surface area contributed by atoms with Crippen LogP contribution in [0.15, 0.2) is 0 Å². The first-order chi connectivity index (χ1) is 7.14. The summed E-state index contributed by atoms with van der Waals surface area (Å²) in [4.78, 5) is 12.3. The minimum absolute atomic E-state index is 0.0285. The normalized spacial score (nSPS) is 19.6. The van der Waals surface area contributed by atoms with Gasteiger partial charge in [-0.2, -0.15) is 13.2 Å². The van der Waals surface area contributed by atoms with E-state index in [2.05, 4.69) is 0 Å². The molecule has 1 aliphatic heterocycles. The SMILES string of the molecule is CC(C)C1(O)CN(C(=O)NCC(F)(F)F)C1. The highest BCUT2D eigenvalue weighted by molar-refractivity contribution is 5.75. The lowest BCUT2D eigenvalue weighted by Gasteiger charge is -2.48. The molecule has 0 atom stereocenters. The van der Waals surface area contributed by atoms with Crippen LogP contribution in [0.3, 0.4) is 0 Å². The molecule has 7 heteroatoms. The molecule has 0 aromatic rings. The summed E-state index contributed by atoms with van der Waals surface area (Å²) in [5.74, 6) is -0.0285. The molecule has 1 fully saturated rings. The van der Waals surface area contributed by atoms with Crippen molar-refractivity contribution in [3.63, 3.8) is 0 Å². The number of carbonyl (C=O) groups is 1. The van der Waals surface area contributed by atoms with Crippen LogP contribution in [0.1, 0.15) is 13.8 Å². The van der Waals surface area contributed by atoms with Gasteiger partial charge in [0.25, 0.3) is 0 Å². The summed E-state index contributed by atoms with van der Waals surface area (Å²) in [6.45, 7) is 2.40. The summed E-state index contributed by atoms with van der Waals surface area (Å²) in [6.07, 6.45) is -4.41. The van der Waals surface area contributed by atoms with Gasteiger partial charge in [0.05, 0.1) is 13.1 Å². The number of carbonyl (C=O) groups excluding carboxylic acids is 1. The second-order valence-electron chi connectivity index (χ2n) is 4.39. The smallest absolute Gasteiger partial charge is 0.386 e. The number of urea groups is 1. The van der Waals surface area contributed by atoms with Crippen molar-refractivity contribution in [1.29, 1.82) is 0 Å². The van der Waals surface area contributed by atoms with Crippen molar-refractivity contribution in [2.75, 3.05) is 19.6 Å². The molecule has 0 saturated carbocycles. The predicted molar refractivity (Wildman–Crippen MR) is 50.8 cm³/mol. The van der Waals surface area contributed by atoms with Gasteiger partial charge in [0.1, 0.15) is 12.1 Å². The van der Waals surface area contributed by atoms with Gasteiger partial charge in [0.15, 0.2) is 0 Å². The van der Waals surface area contributed by atoms with Gasteiger partial charge in [-0.05, 0) is 5.92 Å². The molecule has 0 aromatic heterocycles. The Morgan fingerprint density at radius 1 is 1.50 bits per heavy atom. The molecular formula is C9H15F3N2O2. The van der Waals surface area contributed by atoms with E-state index in [-0.39, 0.29) is 19.0 Å². The summed E-state index contributed by atoms with van der Waals surface area (Å²) >= 11 is 0. The molecule has 4 nitrogen and oxygen atoms in total. The van der Waals surface area contributed by atoms with Crippen LogP contribution in [-0.2, 0) is 0 Å². The Balaban J connectivity index is 2.33. The highest BCUT2D eigenvalue weighted by atomic mass is 19.4. The molecule has 1 rings (SSSR count). The monoisotopic (exact) mass is 240 g/mol. The predicted octanol–water partition coefficient (Wildman–Crippen LogP) is 0.961. The van der Waals surface area contributed by atoms with Crippen LogP contribution in [-0.4, -0.2) is 47.4 Å². The van der Waals surface area contributed by atoms with Crippen LogP contribution in [0.5, 0.6) is 0 Å².